The molecule has 0 saturated carbocycles. The highest BCUT2D eigenvalue weighted by Gasteiger charge is 2.12. The molecule has 0 aliphatic heterocycles. The first-order chi connectivity index (χ1) is 8.56. The molecule has 2 aromatic rings. The molecule has 3 heteroatoms. The maximum Gasteiger partial charge on any atom is 0.0537 e. The zero-order valence-electron chi connectivity index (χ0n) is 11.5. The molecule has 3 nitrogen and oxygen atoms in total. The molecule has 0 fully saturated rings. The highest BCUT2D eigenvalue weighted by atomic mass is 15.2. The summed E-state index contributed by atoms with van der Waals surface area (Å²) in [6.07, 6.45) is 3.97. The zero-order chi connectivity index (χ0) is 13.1. The number of nitrogens with zero attached hydrogens (tertiary/aromatic N) is 2. The summed E-state index contributed by atoms with van der Waals surface area (Å²) in [5, 5.41) is 7.80. The largest absolute Gasteiger partial charge is 0.304 e. The van der Waals surface area contributed by atoms with Crippen LogP contribution in [0.1, 0.15) is 42.6 Å². The fraction of sp³-hybridized carbons (Fsp3) is 0.400. The maximum atomic E-state index is 4.21. The van der Waals surface area contributed by atoms with Crippen LogP contribution >= 0.6 is 0 Å². The Morgan fingerprint density at radius 3 is 2.22 bits per heavy atom. The van der Waals surface area contributed by atoms with Crippen LogP contribution in [0.15, 0.2) is 36.7 Å². The second kappa shape index (κ2) is 5.36. The van der Waals surface area contributed by atoms with Crippen molar-refractivity contribution in [2.45, 2.75) is 32.9 Å². The molecule has 2 atom stereocenters. The Morgan fingerprint density at radius 1 is 1.06 bits per heavy atom. The van der Waals surface area contributed by atoms with Crippen LogP contribution in [0.4, 0.5) is 0 Å². The molecule has 0 aliphatic rings. The van der Waals surface area contributed by atoms with Gasteiger partial charge in [0.2, 0.25) is 0 Å². The first-order valence-corrected chi connectivity index (χ1v) is 6.37. The lowest BCUT2D eigenvalue weighted by molar-refractivity contribution is 0.494. The number of aromatic nitrogens is 2. The predicted octanol–water partition coefficient (Wildman–Crippen LogP) is 3.14. The van der Waals surface area contributed by atoms with Gasteiger partial charge in [0.05, 0.1) is 6.20 Å². The number of nitrogens with one attached hydrogen (secondary N) is 1. The number of hydrogen-bond acceptors (Lipinski definition) is 2. The van der Waals surface area contributed by atoms with E-state index < -0.39 is 0 Å². The highest BCUT2D eigenvalue weighted by Crippen LogP contribution is 2.19. The third kappa shape index (κ3) is 2.99. The molecule has 1 unspecified atom stereocenters. The van der Waals surface area contributed by atoms with Crippen LogP contribution in [-0.4, -0.2) is 9.78 Å². The summed E-state index contributed by atoms with van der Waals surface area (Å²) in [7, 11) is 1.94. The van der Waals surface area contributed by atoms with E-state index >= 15 is 0 Å². The lowest BCUT2D eigenvalue weighted by Gasteiger charge is -2.19. The second-order valence-corrected chi connectivity index (χ2v) is 4.97. The summed E-state index contributed by atoms with van der Waals surface area (Å²) in [5.41, 5.74) is 3.83. The normalized spacial score (nSPS) is 14.4. The van der Waals surface area contributed by atoms with Gasteiger partial charge in [-0.1, -0.05) is 29.8 Å². The van der Waals surface area contributed by atoms with Crippen molar-refractivity contribution in [2.24, 2.45) is 7.05 Å². The van der Waals surface area contributed by atoms with Gasteiger partial charge >= 0.3 is 0 Å². The van der Waals surface area contributed by atoms with Crippen molar-refractivity contribution in [2.75, 3.05) is 0 Å². The Balaban J connectivity index is 2.02. The standard InChI is InChI=1S/C15H21N3/c1-11-5-7-14(8-6-11)12(2)17-13(3)15-9-16-18(4)10-15/h5-10,12-13,17H,1-4H3/t12-,13?/m1/s1. The summed E-state index contributed by atoms with van der Waals surface area (Å²) >= 11 is 0. The number of benzene rings is 1. The third-order valence-corrected chi connectivity index (χ3v) is 3.30. The predicted molar refractivity (Wildman–Crippen MR) is 74.4 cm³/mol. The third-order valence-electron chi connectivity index (χ3n) is 3.30. The van der Waals surface area contributed by atoms with Gasteiger partial charge in [0, 0.05) is 30.9 Å². The Bertz CT molecular complexity index is 499. The first-order valence-electron chi connectivity index (χ1n) is 6.37. The smallest absolute Gasteiger partial charge is 0.0537 e. The summed E-state index contributed by atoms with van der Waals surface area (Å²) in [6, 6.07) is 9.31. The molecule has 0 spiro atoms. The fourth-order valence-corrected chi connectivity index (χ4v) is 2.09. The van der Waals surface area contributed by atoms with Gasteiger partial charge in [-0.05, 0) is 26.3 Å². The number of aryl methyl sites for hydroxylation is 2. The van der Waals surface area contributed by atoms with Crippen LogP contribution in [0.5, 0.6) is 0 Å². The van der Waals surface area contributed by atoms with Gasteiger partial charge in [-0.3, -0.25) is 4.68 Å². The quantitative estimate of drug-likeness (QED) is 0.894. The summed E-state index contributed by atoms with van der Waals surface area (Å²) in [4.78, 5) is 0. The van der Waals surface area contributed by atoms with Crippen molar-refractivity contribution >= 4 is 0 Å². The van der Waals surface area contributed by atoms with Gasteiger partial charge in [0.25, 0.3) is 0 Å². The first kappa shape index (κ1) is 12.8. The van der Waals surface area contributed by atoms with Gasteiger partial charge in [-0.25, -0.2) is 0 Å². The van der Waals surface area contributed by atoms with Crippen molar-refractivity contribution < 1.29 is 0 Å². The Kier molecular flexibility index (Phi) is 3.82. The van der Waals surface area contributed by atoms with E-state index in [9.17, 15) is 0 Å². The minimum atomic E-state index is 0.301. The Morgan fingerprint density at radius 2 is 1.67 bits per heavy atom. The molecule has 0 saturated heterocycles. The molecular weight excluding hydrogens is 222 g/mol. The van der Waals surface area contributed by atoms with E-state index in [1.807, 2.05) is 17.9 Å². The molecule has 0 radical (unpaired) electrons. The molecule has 0 amide bonds. The molecule has 18 heavy (non-hydrogen) atoms. The lowest BCUT2D eigenvalue weighted by atomic mass is 10.0. The lowest BCUT2D eigenvalue weighted by Crippen LogP contribution is -2.22. The van der Waals surface area contributed by atoms with E-state index in [0.29, 0.717) is 12.1 Å². The Hall–Kier alpha value is -1.61. The monoisotopic (exact) mass is 243 g/mol. The van der Waals surface area contributed by atoms with Crippen molar-refractivity contribution in [1.29, 1.82) is 0 Å². The van der Waals surface area contributed by atoms with Gasteiger partial charge in [0.15, 0.2) is 0 Å². The maximum absolute atomic E-state index is 4.21. The van der Waals surface area contributed by atoms with Crippen LogP contribution in [-0.2, 0) is 7.05 Å². The van der Waals surface area contributed by atoms with Gasteiger partial charge in [0.1, 0.15) is 0 Å². The van der Waals surface area contributed by atoms with Crippen molar-refractivity contribution in [1.82, 2.24) is 15.1 Å². The summed E-state index contributed by atoms with van der Waals surface area (Å²) in [5.74, 6) is 0. The molecule has 1 aromatic carbocycles. The molecule has 2 rings (SSSR count). The van der Waals surface area contributed by atoms with Crippen LogP contribution in [0.25, 0.3) is 0 Å². The summed E-state index contributed by atoms with van der Waals surface area (Å²) in [6.45, 7) is 6.47. The Labute approximate surface area is 109 Å². The number of rotatable bonds is 4. The van der Waals surface area contributed by atoms with Crippen molar-refractivity contribution in [3.05, 3.63) is 53.3 Å². The fourth-order valence-electron chi connectivity index (χ4n) is 2.09. The molecular formula is C15H21N3. The van der Waals surface area contributed by atoms with Gasteiger partial charge < -0.3 is 5.32 Å². The molecule has 96 valence electrons. The van der Waals surface area contributed by atoms with Gasteiger partial charge in [-0.15, -0.1) is 0 Å². The minimum Gasteiger partial charge on any atom is -0.304 e. The SMILES string of the molecule is Cc1ccc([C@@H](C)NC(C)c2cnn(C)c2)cc1. The van der Waals surface area contributed by atoms with Crippen LogP contribution in [0.2, 0.25) is 0 Å². The van der Waals surface area contributed by atoms with E-state index in [2.05, 4.69) is 61.6 Å². The second-order valence-electron chi connectivity index (χ2n) is 4.97. The van der Waals surface area contributed by atoms with E-state index in [-0.39, 0.29) is 0 Å². The number of hydrogen-bond donors (Lipinski definition) is 1. The average Bonchev–Trinajstić information content (AvgIpc) is 2.76. The molecule has 1 N–H and O–H groups in total. The summed E-state index contributed by atoms with van der Waals surface area (Å²) < 4.78 is 1.84. The van der Waals surface area contributed by atoms with Crippen molar-refractivity contribution in [3.63, 3.8) is 0 Å². The topological polar surface area (TPSA) is 29.9 Å². The molecule has 0 bridgehead atoms. The highest BCUT2D eigenvalue weighted by molar-refractivity contribution is 5.24. The van der Waals surface area contributed by atoms with E-state index in [4.69, 9.17) is 0 Å². The molecule has 1 heterocycles. The average molecular weight is 243 g/mol. The van der Waals surface area contributed by atoms with Crippen LogP contribution in [0.3, 0.4) is 0 Å². The van der Waals surface area contributed by atoms with Gasteiger partial charge in [-0.2, -0.15) is 5.10 Å². The van der Waals surface area contributed by atoms with Crippen molar-refractivity contribution in [3.8, 4) is 0 Å². The van der Waals surface area contributed by atoms with E-state index in [1.165, 1.54) is 16.7 Å². The minimum absolute atomic E-state index is 0.301. The van der Waals surface area contributed by atoms with Crippen LogP contribution < -0.4 is 5.32 Å². The van der Waals surface area contributed by atoms with Crippen LogP contribution in [0, 0.1) is 6.92 Å². The molecule has 1 aromatic heterocycles. The molecule has 0 aliphatic carbocycles. The van der Waals surface area contributed by atoms with E-state index in [0.717, 1.165) is 0 Å². The van der Waals surface area contributed by atoms with E-state index in [1.54, 1.807) is 0 Å². The zero-order valence-corrected chi connectivity index (χ0v) is 11.5.